The monoisotopic (exact) mass is 321 g/mol. The molecule has 1 saturated heterocycles. The summed E-state index contributed by atoms with van der Waals surface area (Å²) in [5.74, 6) is -0.0106. The van der Waals surface area contributed by atoms with Crippen molar-refractivity contribution in [2.75, 3.05) is 20.1 Å². The average molecular weight is 321 g/mol. The largest absolute Gasteiger partial charge is 0.387 e. The van der Waals surface area contributed by atoms with Gasteiger partial charge in [-0.25, -0.2) is 0 Å². The molecule has 1 atom stereocenters. The molecule has 0 saturated carbocycles. The average Bonchev–Trinajstić information content (AvgIpc) is 3.21. The van der Waals surface area contributed by atoms with Gasteiger partial charge in [-0.3, -0.25) is 9.69 Å². The number of carbonyl (C=O) groups is 1. The molecule has 1 aromatic heterocycles. The third-order valence-corrected chi connectivity index (χ3v) is 5.40. The summed E-state index contributed by atoms with van der Waals surface area (Å²) in [7, 11) is 1.82. The van der Waals surface area contributed by atoms with Crippen molar-refractivity contribution in [3.05, 3.63) is 22.4 Å². The molecule has 22 heavy (non-hydrogen) atoms. The zero-order valence-electron chi connectivity index (χ0n) is 13.4. The highest BCUT2D eigenvalue weighted by Crippen LogP contribution is 2.35. The molecule has 1 aromatic rings. The van der Waals surface area contributed by atoms with Gasteiger partial charge in [-0.1, -0.05) is 11.2 Å². The summed E-state index contributed by atoms with van der Waals surface area (Å²) >= 11 is 1.78. The van der Waals surface area contributed by atoms with Crippen molar-refractivity contribution in [1.82, 2.24) is 9.80 Å². The highest BCUT2D eigenvalue weighted by Gasteiger charge is 2.47. The molecular weight excluding hydrogens is 298 g/mol. The van der Waals surface area contributed by atoms with Crippen molar-refractivity contribution >= 4 is 23.0 Å². The van der Waals surface area contributed by atoms with E-state index < -0.39 is 0 Å². The fourth-order valence-corrected chi connectivity index (χ4v) is 3.72. The molecule has 1 spiro atoms. The third kappa shape index (κ3) is 3.03. The van der Waals surface area contributed by atoms with Crippen LogP contribution >= 0.6 is 11.3 Å². The van der Waals surface area contributed by atoms with Crippen molar-refractivity contribution in [1.29, 1.82) is 0 Å². The van der Waals surface area contributed by atoms with Crippen molar-refractivity contribution < 1.29 is 9.63 Å². The van der Waals surface area contributed by atoms with E-state index >= 15 is 0 Å². The summed E-state index contributed by atoms with van der Waals surface area (Å²) in [6.07, 6.45) is 1.56. The Morgan fingerprint density at radius 3 is 3.09 bits per heavy atom. The summed E-state index contributed by atoms with van der Waals surface area (Å²) in [6.45, 7) is 6.80. The third-order valence-electron chi connectivity index (χ3n) is 4.54. The molecular formula is C16H23N3O2S. The Hall–Kier alpha value is -1.40. The molecule has 2 aliphatic rings. The second-order valence-electron chi connectivity index (χ2n) is 6.54. The van der Waals surface area contributed by atoms with Crippen molar-refractivity contribution in [3.8, 4) is 0 Å². The van der Waals surface area contributed by atoms with Gasteiger partial charge in [0.05, 0.1) is 0 Å². The highest BCUT2D eigenvalue weighted by atomic mass is 32.1. The minimum Gasteiger partial charge on any atom is -0.387 e. The van der Waals surface area contributed by atoms with Crippen LogP contribution in [0.1, 0.15) is 31.6 Å². The molecule has 120 valence electrons. The lowest BCUT2D eigenvalue weighted by Gasteiger charge is -2.23. The van der Waals surface area contributed by atoms with E-state index in [0.29, 0.717) is 12.1 Å². The normalized spacial score (nSPS) is 24.8. The Bertz CT molecular complexity index is 570. The first kappa shape index (κ1) is 15.5. The quantitative estimate of drug-likeness (QED) is 0.855. The van der Waals surface area contributed by atoms with E-state index in [0.717, 1.165) is 26.1 Å². The summed E-state index contributed by atoms with van der Waals surface area (Å²) < 4.78 is 0. The number of rotatable bonds is 4. The highest BCUT2D eigenvalue weighted by molar-refractivity contribution is 7.09. The molecule has 1 fully saturated rings. The second-order valence-corrected chi connectivity index (χ2v) is 7.57. The summed E-state index contributed by atoms with van der Waals surface area (Å²) in [5, 5.41) is 6.21. The van der Waals surface area contributed by atoms with Gasteiger partial charge in [-0.05, 0) is 25.3 Å². The second kappa shape index (κ2) is 6.01. The number of carbonyl (C=O) groups excluding carboxylic acids is 1. The minimum atomic E-state index is -0.292. The number of hydrogen-bond donors (Lipinski definition) is 0. The van der Waals surface area contributed by atoms with Crippen LogP contribution in [0.15, 0.2) is 22.7 Å². The molecule has 3 rings (SSSR count). The van der Waals surface area contributed by atoms with E-state index in [1.807, 2.05) is 20.9 Å². The van der Waals surface area contributed by atoms with Crippen LogP contribution < -0.4 is 0 Å². The molecule has 2 aliphatic heterocycles. The van der Waals surface area contributed by atoms with Crippen LogP contribution in [-0.4, -0.2) is 53.2 Å². The number of oxime groups is 1. The number of amides is 1. The Morgan fingerprint density at radius 1 is 1.59 bits per heavy atom. The van der Waals surface area contributed by atoms with E-state index in [2.05, 4.69) is 27.6 Å². The van der Waals surface area contributed by atoms with Crippen LogP contribution in [0.3, 0.4) is 0 Å². The standard InChI is InChI=1S/C16H23N3O2S/c1-12(2)18(3)15(20)14-9-16(21-17-14)6-7-19(11-16)10-13-5-4-8-22-13/h4-5,8,12H,6-7,9-11H2,1-3H3. The smallest absolute Gasteiger partial charge is 0.271 e. The molecule has 6 heteroatoms. The van der Waals surface area contributed by atoms with E-state index in [4.69, 9.17) is 4.84 Å². The summed E-state index contributed by atoms with van der Waals surface area (Å²) in [4.78, 5) is 23.6. The van der Waals surface area contributed by atoms with Gasteiger partial charge in [0, 0.05) is 50.4 Å². The maximum atomic E-state index is 12.4. The van der Waals surface area contributed by atoms with Gasteiger partial charge in [0.1, 0.15) is 5.71 Å². The number of thiophene rings is 1. The topological polar surface area (TPSA) is 45.1 Å². The van der Waals surface area contributed by atoms with Gasteiger partial charge in [0.25, 0.3) is 5.91 Å². The zero-order chi connectivity index (χ0) is 15.7. The Labute approximate surface area is 135 Å². The minimum absolute atomic E-state index is 0.0106. The molecule has 0 aliphatic carbocycles. The predicted molar refractivity (Wildman–Crippen MR) is 88.0 cm³/mol. The van der Waals surface area contributed by atoms with Crippen molar-refractivity contribution in [2.45, 2.75) is 44.9 Å². The fourth-order valence-electron chi connectivity index (χ4n) is 2.98. The van der Waals surface area contributed by atoms with Crippen LogP contribution in [0.25, 0.3) is 0 Å². The lowest BCUT2D eigenvalue weighted by Crippen LogP contribution is -2.40. The molecule has 0 radical (unpaired) electrons. The molecule has 0 aromatic carbocycles. The van der Waals surface area contributed by atoms with Crippen LogP contribution in [0.4, 0.5) is 0 Å². The van der Waals surface area contributed by atoms with Gasteiger partial charge in [0.2, 0.25) is 0 Å². The lowest BCUT2D eigenvalue weighted by molar-refractivity contribution is -0.124. The fraction of sp³-hybridized carbons (Fsp3) is 0.625. The molecule has 0 bridgehead atoms. The molecule has 5 nitrogen and oxygen atoms in total. The van der Waals surface area contributed by atoms with Gasteiger partial charge >= 0.3 is 0 Å². The van der Waals surface area contributed by atoms with Crippen LogP contribution in [0, 0.1) is 0 Å². The van der Waals surface area contributed by atoms with E-state index in [9.17, 15) is 4.79 Å². The SMILES string of the molecule is CC(C)N(C)C(=O)C1=NOC2(CCN(Cc3cccs3)C2)C1. The summed E-state index contributed by atoms with van der Waals surface area (Å²) in [6, 6.07) is 4.42. The molecule has 1 unspecified atom stereocenters. The van der Waals surface area contributed by atoms with Crippen LogP contribution in [0.2, 0.25) is 0 Å². The van der Waals surface area contributed by atoms with Crippen LogP contribution in [-0.2, 0) is 16.2 Å². The maximum Gasteiger partial charge on any atom is 0.271 e. The number of nitrogens with zero attached hydrogens (tertiary/aromatic N) is 3. The van der Waals surface area contributed by atoms with Gasteiger partial charge in [-0.2, -0.15) is 0 Å². The summed E-state index contributed by atoms with van der Waals surface area (Å²) in [5.41, 5.74) is 0.272. The van der Waals surface area contributed by atoms with Crippen molar-refractivity contribution in [2.24, 2.45) is 5.16 Å². The van der Waals surface area contributed by atoms with Gasteiger partial charge < -0.3 is 9.74 Å². The van der Waals surface area contributed by atoms with Crippen LogP contribution in [0.5, 0.6) is 0 Å². The Balaban J connectivity index is 1.58. The Morgan fingerprint density at radius 2 is 2.41 bits per heavy atom. The first-order valence-electron chi connectivity index (χ1n) is 7.76. The van der Waals surface area contributed by atoms with E-state index in [1.165, 1.54) is 4.88 Å². The van der Waals surface area contributed by atoms with E-state index in [1.54, 1.807) is 16.2 Å². The molecule has 3 heterocycles. The van der Waals surface area contributed by atoms with Crippen molar-refractivity contribution in [3.63, 3.8) is 0 Å². The van der Waals surface area contributed by atoms with E-state index in [-0.39, 0.29) is 17.6 Å². The number of hydrogen-bond acceptors (Lipinski definition) is 5. The first-order chi connectivity index (χ1) is 10.5. The van der Waals surface area contributed by atoms with Gasteiger partial charge in [-0.15, -0.1) is 11.3 Å². The molecule has 0 N–H and O–H groups in total. The lowest BCUT2D eigenvalue weighted by atomic mass is 9.96. The van der Waals surface area contributed by atoms with Gasteiger partial charge in [0.15, 0.2) is 5.60 Å². The molecule has 1 amide bonds. The zero-order valence-corrected chi connectivity index (χ0v) is 14.2. The first-order valence-corrected chi connectivity index (χ1v) is 8.64. The maximum absolute atomic E-state index is 12.4. The predicted octanol–water partition coefficient (Wildman–Crippen LogP) is 2.34. The number of likely N-dealkylation sites (tertiary alicyclic amines) is 1. The Kier molecular flexibility index (Phi) is 4.23.